The van der Waals surface area contributed by atoms with Crippen LogP contribution in [0.15, 0.2) is 29.2 Å². The molecule has 1 aliphatic rings. The number of nitrogens with zero attached hydrogens (tertiary/aromatic N) is 1. The van der Waals surface area contributed by atoms with Gasteiger partial charge in [0.2, 0.25) is 15.9 Å². The fourth-order valence-corrected chi connectivity index (χ4v) is 3.04. The summed E-state index contributed by atoms with van der Waals surface area (Å²) in [5.74, 6) is -0.268. The minimum atomic E-state index is -3.66. The first-order chi connectivity index (χ1) is 9.80. The van der Waals surface area contributed by atoms with Crippen molar-refractivity contribution < 1.29 is 13.2 Å². The van der Waals surface area contributed by atoms with Crippen molar-refractivity contribution in [2.75, 3.05) is 13.6 Å². The number of likely N-dealkylation sites (N-methyl/N-ethyl adjacent to an activating group) is 1. The van der Waals surface area contributed by atoms with Crippen molar-refractivity contribution in [2.24, 2.45) is 5.73 Å². The molecule has 0 radical (unpaired) electrons. The van der Waals surface area contributed by atoms with Crippen molar-refractivity contribution in [3.8, 4) is 0 Å². The van der Waals surface area contributed by atoms with Gasteiger partial charge in [-0.1, -0.05) is 12.1 Å². The molecule has 0 aromatic heterocycles. The first kappa shape index (κ1) is 15.9. The average Bonchev–Trinajstić information content (AvgIpc) is 3.22. The second-order valence-electron chi connectivity index (χ2n) is 5.46. The summed E-state index contributed by atoms with van der Waals surface area (Å²) in [5.41, 5.74) is 6.60. The lowest BCUT2D eigenvalue weighted by molar-refractivity contribution is -0.121. The number of amides is 1. The Morgan fingerprint density at radius 2 is 1.95 bits per heavy atom. The maximum absolute atomic E-state index is 12.4. The number of hydrogen-bond acceptors (Lipinski definition) is 4. The lowest BCUT2D eigenvalue weighted by atomic mass is 10.1. The lowest BCUT2D eigenvalue weighted by Crippen LogP contribution is -2.39. The van der Waals surface area contributed by atoms with Crippen molar-refractivity contribution in [1.29, 1.82) is 0 Å². The van der Waals surface area contributed by atoms with Gasteiger partial charge in [0, 0.05) is 19.1 Å². The number of carbonyl (C=O) groups is 1. The number of nitrogens with two attached hydrogens (primary N) is 1. The minimum absolute atomic E-state index is 0.149. The van der Waals surface area contributed by atoms with Crippen molar-refractivity contribution in [3.05, 3.63) is 29.8 Å². The van der Waals surface area contributed by atoms with Crippen molar-refractivity contribution in [1.82, 2.24) is 9.62 Å². The molecule has 0 aliphatic heterocycles. The zero-order valence-corrected chi connectivity index (χ0v) is 13.1. The summed E-state index contributed by atoms with van der Waals surface area (Å²) in [7, 11) is -2.26. The third kappa shape index (κ3) is 4.03. The van der Waals surface area contributed by atoms with Gasteiger partial charge >= 0.3 is 0 Å². The standard InChI is InChI=1S/C14H21N3O3S/c1-10(15)11-3-7-13(8-4-11)21(19,20)17(2)9-14(18)16-12-5-6-12/h3-4,7-8,10,12H,5-6,9,15H2,1-2H3,(H,16,18). The van der Waals surface area contributed by atoms with Crippen LogP contribution in [0.25, 0.3) is 0 Å². The highest BCUT2D eigenvalue weighted by Gasteiger charge is 2.27. The summed E-state index contributed by atoms with van der Waals surface area (Å²) in [4.78, 5) is 11.9. The number of hydrogen-bond donors (Lipinski definition) is 2. The number of carbonyl (C=O) groups excluding carboxylic acids is 1. The van der Waals surface area contributed by atoms with E-state index < -0.39 is 10.0 Å². The highest BCUT2D eigenvalue weighted by molar-refractivity contribution is 7.89. The first-order valence-corrected chi connectivity index (χ1v) is 8.36. The Bertz CT molecular complexity index is 607. The number of benzene rings is 1. The van der Waals surface area contributed by atoms with Crippen LogP contribution in [-0.2, 0) is 14.8 Å². The molecule has 1 atom stereocenters. The van der Waals surface area contributed by atoms with Gasteiger partial charge < -0.3 is 11.1 Å². The molecule has 116 valence electrons. The van der Waals surface area contributed by atoms with Gasteiger partial charge in [-0.25, -0.2) is 8.42 Å². The van der Waals surface area contributed by atoms with E-state index in [4.69, 9.17) is 5.73 Å². The molecule has 2 rings (SSSR count). The summed E-state index contributed by atoms with van der Waals surface area (Å²) in [6.07, 6.45) is 1.95. The van der Waals surface area contributed by atoms with E-state index in [0.29, 0.717) is 0 Å². The molecule has 0 saturated heterocycles. The summed E-state index contributed by atoms with van der Waals surface area (Å²) >= 11 is 0. The van der Waals surface area contributed by atoms with Gasteiger partial charge in [0.15, 0.2) is 0 Å². The van der Waals surface area contributed by atoms with Gasteiger partial charge in [-0.3, -0.25) is 4.79 Å². The molecule has 0 bridgehead atoms. The Balaban J connectivity index is 2.06. The van der Waals surface area contributed by atoms with E-state index in [2.05, 4.69) is 5.32 Å². The van der Waals surface area contributed by atoms with Gasteiger partial charge in [-0.15, -0.1) is 0 Å². The number of nitrogens with one attached hydrogen (secondary N) is 1. The van der Waals surface area contributed by atoms with Gasteiger partial charge in [-0.2, -0.15) is 4.31 Å². The molecule has 1 unspecified atom stereocenters. The molecule has 0 spiro atoms. The largest absolute Gasteiger partial charge is 0.352 e. The van der Waals surface area contributed by atoms with E-state index in [-0.39, 0.29) is 29.4 Å². The molecular formula is C14H21N3O3S. The topological polar surface area (TPSA) is 92.5 Å². The van der Waals surface area contributed by atoms with Crippen molar-refractivity contribution >= 4 is 15.9 Å². The molecule has 0 heterocycles. The summed E-state index contributed by atoms with van der Waals surface area (Å²) in [6, 6.07) is 6.49. The van der Waals surface area contributed by atoms with Crippen LogP contribution in [-0.4, -0.2) is 38.3 Å². The molecule has 3 N–H and O–H groups in total. The number of rotatable bonds is 6. The van der Waals surface area contributed by atoms with Crippen LogP contribution >= 0.6 is 0 Å². The van der Waals surface area contributed by atoms with Crippen molar-refractivity contribution in [2.45, 2.75) is 36.7 Å². The molecule has 6 nitrogen and oxygen atoms in total. The molecular weight excluding hydrogens is 290 g/mol. The summed E-state index contributed by atoms with van der Waals surface area (Å²) in [6.45, 7) is 1.66. The second-order valence-corrected chi connectivity index (χ2v) is 7.51. The van der Waals surface area contributed by atoms with Crippen LogP contribution in [0.4, 0.5) is 0 Å². The SMILES string of the molecule is CC(N)c1ccc(S(=O)(=O)N(C)CC(=O)NC2CC2)cc1. The van der Waals surface area contributed by atoms with Gasteiger partial charge in [-0.05, 0) is 37.5 Å². The van der Waals surface area contributed by atoms with Gasteiger partial charge in [0.1, 0.15) is 0 Å². The predicted octanol–water partition coefficient (Wildman–Crippen LogP) is 0.605. The monoisotopic (exact) mass is 311 g/mol. The van der Waals surface area contributed by atoms with Crippen LogP contribution in [0.1, 0.15) is 31.4 Å². The Morgan fingerprint density at radius 1 is 1.38 bits per heavy atom. The van der Waals surface area contributed by atoms with Crippen LogP contribution in [0.5, 0.6) is 0 Å². The highest BCUT2D eigenvalue weighted by atomic mass is 32.2. The maximum atomic E-state index is 12.4. The second kappa shape index (κ2) is 6.13. The number of sulfonamides is 1. The van der Waals surface area contributed by atoms with Crippen LogP contribution in [0.3, 0.4) is 0 Å². The van der Waals surface area contributed by atoms with Crippen LogP contribution in [0, 0.1) is 0 Å². The fraction of sp³-hybridized carbons (Fsp3) is 0.500. The molecule has 1 aliphatic carbocycles. The Hall–Kier alpha value is -1.44. The fourth-order valence-electron chi connectivity index (χ4n) is 1.91. The Kier molecular flexibility index (Phi) is 4.65. The van der Waals surface area contributed by atoms with Crippen LogP contribution in [0.2, 0.25) is 0 Å². The van der Waals surface area contributed by atoms with Gasteiger partial charge in [0.05, 0.1) is 11.4 Å². The average molecular weight is 311 g/mol. The van der Waals surface area contributed by atoms with E-state index in [1.807, 2.05) is 6.92 Å². The van der Waals surface area contributed by atoms with E-state index >= 15 is 0 Å². The molecule has 21 heavy (non-hydrogen) atoms. The molecule has 1 amide bonds. The van der Waals surface area contributed by atoms with Gasteiger partial charge in [0.25, 0.3) is 0 Å². The third-order valence-corrected chi connectivity index (χ3v) is 5.24. The molecule has 1 fully saturated rings. The van der Waals surface area contributed by atoms with E-state index in [0.717, 1.165) is 22.7 Å². The summed E-state index contributed by atoms with van der Waals surface area (Å²) < 4.78 is 25.8. The maximum Gasteiger partial charge on any atom is 0.243 e. The predicted molar refractivity (Wildman–Crippen MR) is 80.0 cm³/mol. The van der Waals surface area contributed by atoms with Crippen LogP contribution < -0.4 is 11.1 Å². The Morgan fingerprint density at radius 3 is 2.43 bits per heavy atom. The zero-order valence-electron chi connectivity index (χ0n) is 12.2. The summed E-state index contributed by atoms with van der Waals surface area (Å²) in [5, 5.41) is 2.77. The molecule has 1 aromatic rings. The molecule has 1 aromatic carbocycles. The molecule has 1 saturated carbocycles. The highest BCUT2D eigenvalue weighted by Crippen LogP contribution is 2.19. The van der Waals surface area contributed by atoms with E-state index in [1.54, 1.807) is 12.1 Å². The minimum Gasteiger partial charge on any atom is -0.352 e. The van der Waals surface area contributed by atoms with Crippen molar-refractivity contribution in [3.63, 3.8) is 0 Å². The normalized spacial score (nSPS) is 16.8. The smallest absolute Gasteiger partial charge is 0.243 e. The first-order valence-electron chi connectivity index (χ1n) is 6.92. The third-order valence-electron chi connectivity index (χ3n) is 3.42. The quantitative estimate of drug-likeness (QED) is 0.805. The lowest BCUT2D eigenvalue weighted by Gasteiger charge is -2.17. The molecule has 7 heteroatoms. The Labute approximate surface area is 125 Å². The van der Waals surface area contributed by atoms with E-state index in [9.17, 15) is 13.2 Å². The van der Waals surface area contributed by atoms with E-state index in [1.165, 1.54) is 19.2 Å². The zero-order chi connectivity index (χ0) is 15.6.